The predicted molar refractivity (Wildman–Crippen MR) is 59.3 cm³/mol. The molecule has 0 aliphatic heterocycles. The van der Waals surface area contributed by atoms with E-state index >= 15 is 0 Å². The number of aromatic amines is 1. The van der Waals surface area contributed by atoms with E-state index in [9.17, 15) is 0 Å². The van der Waals surface area contributed by atoms with Gasteiger partial charge in [-0.3, -0.25) is 0 Å². The summed E-state index contributed by atoms with van der Waals surface area (Å²) in [6.45, 7) is 0. The van der Waals surface area contributed by atoms with E-state index in [-0.39, 0.29) is 5.95 Å². The van der Waals surface area contributed by atoms with Gasteiger partial charge in [-0.05, 0) is 12.1 Å². The summed E-state index contributed by atoms with van der Waals surface area (Å²) >= 11 is 0. The molecule has 6 heteroatoms. The fourth-order valence-corrected chi connectivity index (χ4v) is 1.50. The minimum Gasteiger partial charge on any atom is -0.368 e. The summed E-state index contributed by atoms with van der Waals surface area (Å²) < 4.78 is 0. The molecule has 0 fully saturated rings. The molecule has 0 bridgehead atoms. The Hall–Kier alpha value is -2.50. The Morgan fingerprint density at radius 1 is 1.19 bits per heavy atom. The van der Waals surface area contributed by atoms with Crippen molar-refractivity contribution in [3.63, 3.8) is 0 Å². The van der Waals surface area contributed by atoms with Gasteiger partial charge in [0.05, 0.1) is 17.5 Å². The van der Waals surface area contributed by atoms with Gasteiger partial charge in [0.1, 0.15) is 0 Å². The first-order valence-corrected chi connectivity index (χ1v) is 4.71. The zero-order chi connectivity index (χ0) is 11.0. The summed E-state index contributed by atoms with van der Waals surface area (Å²) in [6, 6.07) is 3.71. The summed E-state index contributed by atoms with van der Waals surface area (Å²) in [6.07, 6.45) is 4.94. The molecule has 3 aromatic heterocycles. The van der Waals surface area contributed by atoms with E-state index in [1.807, 2.05) is 6.07 Å². The second kappa shape index (κ2) is 3.27. The maximum absolute atomic E-state index is 5.53. The van der Waals surface area contributed by atoms with Crippen molar-refractivity contribution in [3.8, 4) is 11.3 Å². The van der Waals surface area contributed by atoms with Crippen LogP contribution >= 0.6 is 0 Å². The van der Waals surface area contributed by atoms with Crippen LogP contribution in [0.4, 0.5) is 5.95 Å². The van der Waals surface area contributed by atoms with Gasteiger partial charge in [0.15, 0.2) is 5.65 Å². The summed E-state index contributed by atoms with van der Waals surface area (Å²) in [4.78, 5) is 19.2. The third-order valence-corrected chi connectivity index (χ3v) is 2.24. The maximum atomic E-state index is 5.53. The van der Waals surface area contributed by atoms with Gasteiger partial charge in [-0.25, -0.2) is 19.9 Å². The second-order valence-corrected chi connectivity index (χ2v) is 3.30. The lowest BCUT2D eigenvalue weighted by atomic mass is 10.2. The molecule has 16 heavy (non-hydrogen) atoms. The SMILES string of the molecule is Nc1nccc(-c2cnc3nc[nH]c3c2)n1. The number of imidazole rings is 1. The number of hydrogen-bond donors (Lipinski definition) is 2. The molecule has 3 heterocycles. The van der Waals surface area contributed by atoms with E-state index in [0.717, 1.165) is 16.8 Å². The second-order valence-electron chi connectivity index (χ2n) is 3.30. The molecule has 0 aliphatic rings. The molecule has 0 aromatic carbocycles. The number of aromatic nitrogens is 5. The first kappa shape index (κ1) is 8.78. The Kier molecular flexibility index (Phi) is 1.79. The third kappa shape index (κ3) is 1.36. The van der Waals surface area contributed by atoms with Gasteiger partial charge in [0.25, 0.3) is 0 Å². The van der Waals surface area contributed by atoms with Crippen LogP contribution in [0, 0.1) is 0 Å². The molecule has 0 aliphatic carbocycles. The number of nitrogens with zero attached hydrogens (tertiary/aromatic N) is 4. The Morgan fingerprint density at radius 3 is 3.00 bits per heavy atom. The van der Waals surface area contributed by atoms with E-state index < -0.39 is 0 Å². The summed E-state index contributed by atoms with van der Waals surface area (Å²) in [5.74, 6) is 0.252. The zero-order valence-electron chi connectivity index (χ0n) is 8.25. The Balaban J connectivity index is 2.18. The normalized spacial score (nSPS) is 10.8. The Labute approximate surface area is 90.6 Å². The van der Waals surface area contributed by atoms with Crippen LogP contribution in [0.3, 0.4) is 0 Å². The maximum Gasteiger partial charge on any atom is 0.220 e. The standard InChI is InChI=1S/C10H8N6/c11-10-12-2-1-7(16-10)6-3-8-9(13-4-6)15-5-14-8/h1-5H,(H2,11,12,16)(H,13,14,15). The monoisotopic (exact) mass is 212 g/mol. The number of nitrogens with one attached hydrogen (secondary N) is 1. The third-order valence-electron chi connectivity index (χ3n) is 2.24. The first-order valence-electron chi connectivity index (χ1n) is 4.71. The van der Waals surface area contributed by atoms with E-state index in [1.165, 1.54) is 0 Å². The van der Waals surface area contributed by atoms with Crippen molar-refractivity contribution in [1.29, 1.82) is 0 Å². The molecule has 0 radical (unpaired) electrons. The number of nitrogen functional groups attached to an aromatic ring is 1. The molecule has 0 amide bonds. The number of H-pyrrole nitrogens is 1. The number of nitrogens with two attached hydrogens (primary N) is 1. The largest absolute Gasteiger partial charge is 0.368 e. The molecule has 0 saturated carbocycles. The first-order chi connectivity index (χ1) is 7.83. The Morgan fingerprint density at radius 2 is 2.12 bits per heavy atom. The van der Waals surface area contributed by atoms with Crippen molar-refractivity contribution >= 4 is 17.1 Å². The van der Waals surface area contributed by atoms with Crippen LogP contribution in [0.1, 0.15) is 0 Å². The van der Waals surface area contributed by atoms with Gasteiger partial charge >= 0.3 is 0 Å². The van der Waals surface area contributed by atoms with Gasteiger partial charge in [-0.15, -0.1) is 0 Å². The van der Waals surface area contributed by atoms with Crippen molar-refractivity contribution in [2.75, 3.05) is 5.73 Å². The van der Waals surface area contributed by atoms with E-state index in [4.69, 9.17) is 5.73 Å². The molecule has 0 spiro atoms. The van der Waals surface area contributed by atoms with Crippen LogP contribution in [0.5, 0.6) is 0 Å². The molecule has 0 saturated heterocycles. The highest BCUT2D eigenvalue weighted by Gasteiger charge is 2.03. The predicted octanol–water partition coefficient (Wildman–Crippen LogP) is 0.997. The minimum atomic E-state index is 0.252. The number of fused-ring (bicyclic) bond motifs is 1. The quantitative estimate of drug-likeness (QED) is 0.627. The molecule has 0 unspecified atom stereocenters. The number of pyridine rings is 1. The average molecular weight is 212 g/mol. The molecule has 0 atom stereocenters. The van der Waals surface area contributed by atoms with Crippen LogP contribution in [-0.4, -0.2) is 24.9 Å². The van der Waals surface area contributed by atoms with Crippen LogP contribution in [0.25, 0.3) is 22.4 Å². The lowest BCUT2D eigenvalue weighted by Crippen LogP contribution is -1.95. The highest BCUT2D eigenvalue weighted by atomic mass is 15.0. The van der Waals surface area contributed by atoms with Gasteiger partial charge in [0, 0.05) is 18.0 Å². The van der Waals surface area contributed by atoms with E-state index in [0.29, 0.717) is 5.65 Å². The van der Waals surface area contributed by atoms with Gasteiger partial charge in [-0.1, -0.05) is 0 Å². The summed E-state index contributed by atoms with van der Waals surface area (Å²) in [7, 11) is 0. The van der Waals surface area contributed by atoms with E-state index in [1.54, 1.807) is 24.8 Å². The van der Waals surface area contributed by atoms with Crippen LogP contribution in [0.2, 0.25) is 0 Å². The van der Waals surface area contributed by atoms with Crippen LogP contribution in [0.15, 0.2) is 30.9 Å². The lowest BCUT2D eigenvalue weighted by Gasteiger charge is -2.00. The number of anilines is 1. The fraction of sp³-hybridized carbons (Fsp3) is 0. The minimum absolute atomic E-state index is 0.252. The molecule has 3 aromatic rings. The smallest absolute Gasteiger partial charge is 0.220 e. The van der Waals surface area contributed by atoms with Crippen LogP contribution < -0.4 is 5.73 Å². The average Bonchev–Trinajstić information content (AvgIpc) is 2.75. The van der Waals surface area contributed by atoms with E-state index in [2.05, 4.69) is 24.9 Å². The molecule has 6 nitrogen and oxygen atoms in total. The van der Waals surface area contributed by atoms with Gasteiger partial charge in [-0.2, -0.15) is 0 Å². The molecule has 78 valence electrons. The number of hydrogen-bond acceptors (Lipinski definition) is 5. The summed E-state index contributed by atoms with van der Waals surface area (Å²) in [5, 5.41) is 0. The fourth-order valence-electron chi connectivity index (χ4n) is 1.50. The topological polar surface area (TPSA) is 93.4 Å². The molecular weight excluding hydrogens is 204 g/mol. The van der Waals surface area contributed by atoms with Gasteiger partial charge in [0.2, 0.25) is 5.95 Å². The van der Waals surface area contributed by atoms with Crippen molar-refractivity contribution < 1.29 is 0 Å². The van der Waals surface area contributed by atoms with Crippen molar-refractivity contribution in [1.82, 2.24) is 24.9 Å². The highest BCUT2D eigenvalue weighted by Crippen LogP contribution is 2.18. The molecular formula is C10H8N6. The molecule has 3 N–H and O–H groups in total. The highest BCUT2D eigenvalue weighted by molar-refractivity contribution is 5.76. The lowest BCUT2D eigenvalue weighted by molar-refractivity contribution is 1.18. The zero-order valence-corrected chi connectivity index (χ0v) is 8.25. The van der Waals surface area contributed by atoms with Crippen molar-refractivity contribution in [2.24, 2.45) is 0 Å². The Bertz CT molecular complexity index is 644. The van der Waals surface area contributed by atoms with Crippen molar-refractivity contribution in [2.45, 2.75) is 0 Å². The van der Waals surface area contributed by atoms with Crippen LogP contribution in [-0.2, 0) is 0 Å². The van der Waals surface area contributed by atoms with Crippen molar-refractivity contribution in [3.05, 3.63) is 30.9 Å². The number of rotatable bonds is 1. The summed E-state index contributed by atoms with van der Waals surface area (Å²) in [5.41, 5.74) is 8.71. The molecule has 3 rings (SSSR count). The van der Waals surface area contributed by atoms with Gasteiger partial charge < -0.3 is 10.7 Å².